The lowest BCUT2D eigenvalue weighted by molar-refractivity contribution is -0.170. The Morgan fingerprint density at radius 2 is 1.57 bits per heavy atom. The Morgan fingerprint density at radius 1 is 1.11 bits per heavy atom. The van der Waals surface area contributed by atoms with Gasteiger partial charge in [0.05, 0.1) is 18.9 Å². The van der Waals surface area contributed by atoms with Gasteiger partial charge in [-0.15, -0.1) is 0 Å². The fourth-order valence-corrected chi connectivity index (χ4v) is 2.07. The van der Waals surface area contributed by atoms with Crippen LogP contribution in [0.1, 0.15) is 40.0 Å². The van der Waals surface area contributed by atoms with Gasteiger partial charge in [0.1, 0.15) is 5.60 Å². The Morgan fingerprint density at radius 3 is 1.89 bits per heavy atom. The molecular weight excluding hydrogens is 380 g/mol. The van der Waals surface area contributed by atoms with E-state index in [0.29, 0.717) is 13.0 Å². The molecule has 0 aromatic rings. The topological polar surface area (TPSA) is 205 Å². The molecule has 1 saturated heterocycles. The molecule has 0 aromatic carbocycles. The highest BCUT2D eigenvalue weighted by Gasteiger charge is 2.40. The lowest BCUT2D eigenvalue weighted by Gasteiger charge is -2.31. The maximum atomic E-state index is 11.6. The number of carboxylic acids is 3. The van der Waals surface area contributed by atoms with Crippen molar-refractivity contribution in [1.29, 1.82) is 0 Å². The van der Waals surface area contributed by atoms with Crippen molar-refractivity contribution in [2.45, 2.75) is 57.3 Å². The van der Waals surface area contributed by atoms with Crippen LogP contribution in [0.3, 0.4) is 0 Å². The number of aliphatic hydroxyl groups is 1. The molecule has 1 aliphatic heterocycles. The number of nitrogens with zero attached hydrogens (tertiary/aromatic N) is 1. The van der Waals surface area contributed by atoms with Gasteiger partial charge in [-0.25, -0.2) is 9.59 Å². The van der Waals surface area contributed by atoms with Gasteiger partial charge in [0.25, 0.3) is 0 Å². The summed E-state index contributed by atoms with van der Waals surface area (Å²) in [5, 5.41) is 33.8. The van der Waals surface area contributed by atoms with Gasteiger partial charge in [-0.3, -0.25) is 14.4 Å². The quantitative estimate of drug-likeness (QED) is 0.385. The van der Waals surface area contributed by atoms with Gasteiger partial charge in [0.2, 0.25) is 0 Å². The van der Waals surface area contributed by atoms with Crippen LogP contribution < -0.4 is 5.73 Å². The third-order valence-corrected chi connectivity index (χ3v) is 3.40. The van der Waals surface area contributed by atoms with Gasteiger partial charge in [-0.05, 0) is 20.8 Å². The third-order valence-electron chi connectivity index (χ3n) is 3.40. The van der Waals surface area contributed by atoms with Gasteiger partial charge in [-0.2, -0.15) is 0 Å². The Kier molecular flexibility index (Phi) is 9.02. The van der Waals surface area contributed by atoms with Crippen molar-refractivity contribution in [1.82, 2.24) is 4.90 Å². The van der Waals surface area contributed by atoms with Crippen molar-refractivity contribution in [3.05, 3.63) is 0 Å². The summed E-state index contributed by atoms with van der Waals surface area (Å²) in [5.41, 5.74) is 2.32. The van der Waals surface area contributed by atoms with E-state index in [1.165, 1.54) is 4.90 Å². The first-order valence-electron chi connectivity index (χ1n) is 8.23. The van der Waals surface area contributed by atoms with E-state index in [9.17, 15) is 24.0 Å². The number of rotatable bonds is 5. The van der Waals surface area contributed by atoms with Gasteiger partial charge in [-0.1, -0.05) is 0 Å². The molecule has 0 aromatic heterocycles. The number of ether oxygens (including phenoxy) is 1. The number of Topliss-reactive ketones (excluding diaryl/α,β-unsaturated/α-hetero) is 1. The van der Waals surface area contributed by atoms with Crippen LogP contribution >= 0.6 is 0 Å². The number of carbonyl (C=O) groups is 5. The molecule has 1 rings (SSSR count). The van der Waals surface area contributed by atoms with E-state index in [1.807, 2.05) is 0 Å². The number of carbonyl (C=O) groups excluding carboxylic acids is 2. The molecule has 0 radical (unpaired) electrons. The minimum Gasteiger partial charge on any atom is -0.481 e. The average Bonchev–Trinajstić information content (AvgIpc) is 2.47. The molecule has 1 unspecified atom stereocenters. The maximum absolute atomic E-state index is 11.6. The zero-order valence-corrected chi connectivity index (χ0v) is 15.9. The standard InChI is InChI=1S/C10H18N2O3.C6H8O7/c1-10(2,3)15-9(14)12-5-4-8(13)7(11)6-12;7-3(8)1-6(13,5(11)12)2-4(9)10/h7H,4-6,11H2,1-3H3;13H,1-2H2,(H,7,8)(H,9,10)(H,11,12). The van der Waals surface area contributed by atoms with Gasteiger partial charge >= 0.3 is 24.0 Å². The zero-order valence-electron chi connectivity index (χ0n) is 15.9. The van der Waals surface area contributed by atoms with E-state index >= 15 is 0 Å². The highest BCUT2D eigenvalue weighted by atomic mass is 16.6. The molecule has 1 atom stereocenters. The number of hydrogen-bond donors (Lipinski definition) is 5. The van der Waals surface area contributed by atoms with E-state index in [2.05, 4.69) is 0 Å². The molecule has 12 heteroatoms. The first-order chi connectivity index (χ1) is 12.6. The van der Waals surface area contributed by atoms with Crippen LogP contribution in [0.15, 0.2) is 0 Å². The molecule has 6 N–H and O–H groups in total. The second-order valence-corrected chi connectivity index (χ2v) is 7.23. The number of likely N-dealkylation sites (tertiary alicyclic amines) is 1. The van der Waals surface area contributed by atoms with Gasteiger partial charge in [0, 0.05) is 19.5 Å². The predicted molar refractivity (Wildman–Crippen MR) is 92.5 cm³/mol. The fourth-order valence-electron chi connectivity index (χ4n) is 2.07. The molecular formula is C16H26N2O10. The number of ketones is 1. The highest BCUT2D eigenvalue weighted by Crippen LogP contribution is 2.16. The number of carboxylic acid groups (broad SMARTS) is 3. The van der Waals surface area contributed by atoms with E-state index in [0.717, 1.165) is 0 Å². The van der Waals surface area contributed by atoms with Crippen LogP contribution in [0.5, 0.6) is 0 Å². The predicted octanol–water partition coefficient (Wildman–Crippen LogP) is -0.725. The van der Waals surface area contributed by atoms with Crippen molar-refractivity contribution < 1.29 is 49.1 Å². The third kappa shape index (κ3) is 9.28. The SMILES string of the molecule is CC(C)(C)OC(=O)N1CCC(=O)C(N)C1.O=C(O)CC(O)(CC(=O)O)C(=O)O. The van der Waals surface area contributed by atoms with E-state index in [4.69, 9.17) is 30.9 Å². The molecule has 0 bridgehead atoms. The molecule has 0 aliphatic carbocycles. The monoisotopic (exact) mass is 406 g/mol. The summed E-state index contributed by atoms with van der Waals surface area (Å²) in [4.78, 5) is 54.7. The summed E-state index contributed by atoms with van der Waals surface area (Å²) in [6.07, 6.45) is -2.37. The minimum absolute atomic E-state index is 0.00908. The molecule has 1 amide bonds. The van der Waals surface area contributed by atoms with Crippen molar-refractivity contribution in [2.75, 3.05) is 13.1 Å². The molecule has 160 valence electrons. The molecule has 28 heavy (non-hydrogen) atoms. The first kappa shape index (κ1) is 25.3. The first-order valence-corrected chi connectivity index (χ1v) is 8.23. The zero-order chi connectivity index (χ0) is 22.3. The minimum atomic E-state index is -2.74. The molecule has 0 spiro atoms. The number of aliphatic carboxylic acids is 3. The van der Waals surface area contributed by atoms with Crippen LogP contribution in [0, 0.1) is 0 Å². The van der Waals surface area contributed by atoms with Gasteiger partial charge in [0.15, 0.2) is 11.4 Å². The van der Waals surface area contributed by atoms with Crippen LogP contribution in [0.25, 0.3) is 0 Å². The van der Waals surface area contributed by atoms with Crippen molar-refractivity contribution in [2.24, 2.45) is 5.73 Å². The van der Waals surface area contributed by atoms with Crippen molar-refractivity contribution >= 4 is 29.8 Å². The Labute approximate surface area is 160 Å². The largest absolute Gasteiger partial charge is 0.481 e. The summed E-state index contributed by atoms with van der Waals surface area (Å²) in [7, 11) is 0. The Hall–Kier alpha value is -2.73. The molecule has 1 heterocycles. The summed E-state index contributed by atoms with van der Waals surface area (Å²) in [6, 6.07) is -0.564. The Balaban J connectivity index is 0.000000528. The number of piperidine rings is 1. The van der Waals surface area contributed by atoms with Gasteiger partial charge < -0.3 is 35.8 Å². The van der Waals surface area contributed by atoms with Crippen molar-refractivity contribution in [3.63, 3.8) is 0 Å². The smallest absolute Gasteiger partial charge is 0.410 e. The van der Waals surface area contributed by atoms with Crippen LogP contribution in [-0.2, 0) is 23.9 Å². The molecule has 1 fully saturated rings. The molecule has 1 aliphatic rings. The van der Waals surface area contributed by atoms with Crippen LogP contribution in [0.2, 0.25) is 0 Å². The number of amides is 1. The fraction of sp³-hybridized carbons (Fsp3) is 0.688. The second-order valence-electron chi connectivity index (χ2n) is 7.23. The van der Waals surface area contributed by atoms with Crippen LogP contribution in [-0.4, -0.2) is 85.4 Å². The maximum Gasteiger partial charge on any atom is 0.410 e. The lowest BCUT2D eigenvalue weighted by Crippen LogP contribution is -2.52. The average molecular weight is 406 g/mol. The summed E-state index contributed by atoms with van der Waals surface area (Å²) in [5.74, 6) is -5.01. The number of hydrogen-bond acceptors (Lipinski definition) is 8. The van der Waals surface area contributed by atoms with E-state index in [1.54, 1.807) is 20.8 Å². The lowest BCUT2D eigenvalue weighted by atomic mass is 9.96. The molecule has 12 nitrogen and oxygen atoms in total. The Bertz CT molecular complexity index is 609. The van der Waals surface area contributed by atoms with E-state index in [-0.39, 0.29) is 12.3 Å². The van der Waals surface area contributed by atoms with Crippen molar-refractivity contribution in [3.8, 4) is 0 Å². The highest BCUT2D eigenvalue weighted by molar-refractivity contribution is 5.88. The summed E-state index contributed by atoms with van der Waals surface area (Å²) < 4.78 is 5.18. The normalized spacial score (nSPS) is 17.2. The number of nitrogens with two attached hydrogens (primary N) is 1. The van der Waals surface area contributed by atoms with E-state index < -0.39 is 54.1 Å². The molecule has 0 saturated carbocycles. The summed E-state index contributed by atoms with van der Waals surface area (Å²) >= 11 is 0. The summed E-state index contributed by atoms with van der Waals surface area (Å²) in [6.45, 7) is 6.08. The second kappa shape index (κ2) is 9.99. The van der Waals surface area contributed by atoms with Crippen LogP contribution in [0.4, 0.5) is 4.79 Å².